The Hall–Kier alpha value is -1.44. The Labute approximate surface area is 149 Å². The number of nitrogens with zero attached hydrogens (tertiary/aromatic N) is 2. The lowest BCUT2D eigenvalue weighted by Gasteiger charge is -2.28. The van der Waals surface area contributed by atoms with E-state index in [2.05, 4.69) is 20.9 Å². The Morgan fingerprint density at radius 1 is 1.42 bits per heavy atom. The van der Waals surface area contributed by atoms with Crippen molar-refractivity contribution in [3.8, 4) is 0 Å². The number of allylic oxidation sites excluding steroid dienone is 3. The van der Waals surface area contributed by atoms with Gasteiger partial charge in [-0.1, -0.05) is 28.1 Å². The van der Waals surface area contributed by atoms with Gasteiger partial charge >= 0.3 is 0 Å². The first kappa shape index (κ1) is 17.4. The molecule has 1 atom stereocenters. The molecule has 0 saturated carbocycles. The summed E-state index contributed by atoms with van der Waals surface area (Å²) in [5.41, 5.74) is -0.312. The summed E-state index contributed by atoms with van der Waals surface area (Å²) in [4.78, 5) is 4.25. The molecule has 0 aliphatic heterocycles. The molecule has 7 heteroatoms. The maximum absolute atomic E-state index is 13.4. The van der Waals surface area contributed by atoms with Crippen molar-refractivity contribution < 1.29 is 13.5 Å². The minimum absolute atomic E-state index is 0.329. The average Bonchev–Trinajstić information content (AvgIpc) is 2.87. The van der Waals surface area contributed by atoms with Crippen molar-refractivity contribution in [1.29, 1.82) is 0 Å². The first-order valence-corrected chi connectivity index (χ1v) is 9.78. The molecule has 0 amide bonds. The Morgan fingerprint density at radius 3 is 2.75 bits per heavy atom. The van der Waals surface area contributed by atoms with Crippen LogP contribution in [0.2, 0.25) is 0 Å². The van der Waals surface area contributed by atoms with Crippen molar-refractivity contribution in [2.45, 2.75) is 37.5 Å². The molecule has 3 rings (SSSR count). The minimum Gasteiger partial charge on any atom is -0.386 e. The number of hydrogen-bond acceptors (Lipinski definition) is 4. The third-order valence-corrected chi connectivity index (χ3v) is 7.04. The summed E-state index contributed by atoms with van der Waals surface area (Å²) >= 11 is 3.36. The SMILES string of the molecule is CC(C)(O)c1cn(S(=O)(=O)C2(C)C=C(Br)C=CC2)c2ncccc12. The number of aliphatic hydroxyl groups is 1. The molecule has 1 unspecified atom stereocenters. The quantitative estimate of drug-likeness (QED) is 0.840. The van der Waals surface area contributed by atoms with Crippen LogP contribution in [-0.4, -0.2) is 27.2 Å². The maximum Gasteiger partial charge on any atom is 0.249 e. The van der Waals surface area contributed by atoms with Gasteiger partial charge in [0.25, 0.3) is 0 Å². The van der Waals surface area contributed by atoms with Gasteiger partial charge in [-0.3, -0.25) is 0 Å². The van der Waals surface area contributed by atoms with Gasteiger partial charge < -0.3 is 5.11 Å². The van der Waals surface area contributed by atoms with Gasteiger partial charge in [0.05, 0.1) is 5.60 Å². The molecular weight excluding hydrogens is 392 g/mol. The summed E-state index contributed by atoms with van der Waals surface area (Å²) in [5.74, 6) is 0. The van der Waals surface area contributed by atoms with Gasteiger partial charge in [-0.05, 0) is 45.4 Å². The third-order valence-electron chi connectivity index (χ3n) is 4.28. The molecule has 1 aliphatic carbocycles. The molecule has 0 saturated heterocycles. The van der Waals surface area contributed by atoms with Gasteiger partial charge in [0.15, 0.2) is 5.65 Å². The van der Waals surface area contributed by atoms with Crippen molar-refractivity contribution in [3.63, 3.8) is 0 Å². The van der Waals surface area contributed by atoms with E-state index in [1.165, 1.54) is 10.2 Å². The van der Waals surface area contributed by atoms with E-state index in [1.54, 1.807) is 45.2 Å². The van der Waals surface area contributed by atoms with Crippen LogP contribution in [0.3, 0.4) is 0 Å². The number of halogens is 1. The molecule has 128 valence electrons. The van der Waals surface area contributed by atoms with Gasteiger partial charge in [-0.25, -0.2) is 17.4 Å². The van der Waals surface area contributed by atoms with Crippen LogP contribution in [0.1, 0.15) is 32.8 Å². The van der Waals surface area contributed by atoms with Crippen LogP contribution < -0.4 is 0 Å². The Balaban J connectivity index is 2.29. The zero-order valence-electron chi connectivity index (χ0n) is 13.7. The van der Waals surface area contributed by atoms with Crippen LogP contribution >= 0.6 is 15.9 Å². The monoisotopic (exact) mass is 410 g/mol. The molecule has 0 fully saturated rings. The lowest BCUT2D eigenvalue weighted by atomic mass is 9.99. The number of fused-ring (bicyclic) bond motifs is 1. The second kappa shape index (κ2) is 5.54. The van der Waals surface area contributed by atoms with E-state index in [-0.39, 0.29) is 0 Å². The normalized spacial score (nSPS) is 22.0. The first-order valence-electron chi connectivity index (χ1n) is 7.55. The molecule has 24 heavy (non-hydrogen) atoms. The zero-order chi connectivity index (χ0) is 17.8. The van der Waals surface area contributed by atoms with E-state index < -0.39 is 20.4 Å². The topological polar surface area (TPSA) is 72.2 Å². The molecule has 0 spiro atoms. The highest BCUT2D eigenvalue weighted by Crippen LogP contribution is 2.36. The predicted molar refractivity (Wildman–Crippen MR) is 98.5 cm³/mol. The van der Waals surface area contributed by atoms with Crippen molar-refractivity contribution in [2.75, 3.05) is 0 Å². The van der Waals surface area contributed by atoms with Gasteiger partial charge in [-0.2, -0.15) is 0 Å². The number of rotatable bonds is 3. The van der Waals surface area contributed by atoms with E-state index in [9.17, 15) is 13.5 Å². The van der Waals surface area contributed by atoms with Crippen LogP contribution in [0, 0.1) is 0 Å². The Morgan fingerprint density at radius 2 is 2.12 bits per heavy atom. The number of aromatic nitrogens is 2. The molecule has 2 heterocycles. The third kappa shape index (κ3) is 2.64. The zero-order valence-corrected chi connectivity index (χ0v) is 16.1. The van der Waals surface area contributed by atoms with Gasteiger partial charge in [0.1, 0.15) is 4.75 Å². The van der Waals surface area contributed by atoms with E-state index >= 15 is 0 Å². The predicted octanol–water partition coefficient (Wildman–Crippen LogP) is 3.44. The fourth-order valence-electron chi connectivity index (χ4n) is 2.91. The Bertz CT molecular complexity index is 967. The summed E-state index contributed by atoms with van der Waals surface area (Å²) in [6.45, 7) is 4.95. The molecule has 0 aromatic carbocycles. The lowest BCUT2D eigenvalue weighted by Crippen LogP contribution is -2.38. The summed E-state index contributed by atoms with van der Waals surface area (Å²) in [5, 5.41) is 11.0. The molecule has 1 aliphatic rings. The van der Waals surface area contributed by atoms with Gasteiger partial charge in [0, 0.05) is 27.8 Å². The number of pyridine rings is 1. The fraction of sp³-hybridized carbons (Fsp3) is 0.353. The summed E-state index contributed by atoms with van der Waals surface area (Å²) < 4.78 is 27.5. The minimum atomic E-state index is -3.78. The highest BCUT2D eigenvalue weighted by atomic mass is 79.9. The highest BCUT2D eigenvalue weighted by Gasteiger charge is 2.41. The lowest BCUT2D eigenvalue weighted by molar-refractivity contribution is 0.0801. The largest absolute Gasteiger partial charge is 0.386 e. The van der Waals surface area contributed by atoms with E-state index in [1.807, 2.05) is 12.2 Å². The second-order valence-electron chi connectivity index (χ2n) is 6.73. The molecule has 2 aromatic rings. The summed E-state index contributed by atoms with van der Waals surface area (Å²) in [6.07, 6.45) is 8.77. The van der Waals surface area contributed by atoms with Crippen LogP contribution in [0.4, 0.5) is 0 Å². The van der Waals surface area contributed by atoms with E-state index in [0.29, 0.717) is 23.0 Å². The van der Waals surface area contributed by atoms with Crippen LogP contribution in [0.5, 0.6) is 0 Å². The standard InChI is InChI=1S/C17H19BrN2O3S/c1-16(2,21)14-11-20(15-13(14)7-5-9-19-15)24(22,23)17(3)8-4-6-12(18)10-17/h4-7,9-11,21H,8H2,1-3H3. The Kier molecular flexibility index (Phi) is 4.01. The second-order valence-corrected chi connectivity index (χ2v) is 9.92. The van der Waals surface area contributed by atoms with E-state index in [4.69, 9.17) is 0 Å². The number of hydrogen-bond donors (Lipinski definition) is 1. The maximum atomic E-state index is 13.4. The van der Waals surface area contributed by atoms with Gasteiger partial charge in [0.2, 0.25) is 10.0 Å². The molecule has 2 aromatic heterocycles. The molecule has 1 N–H and O–H groups in total. The first-order chi connectivity index (χ1) is 11.1. The van der Waals surface area contributed by atoms with Crippen molar-refractivity contribution in [1.82, 2.24) is 8.96 Å². The van der Waals surface area contributed by atoms with Crippen LogP contribution in [0.25, 0.3) is 11.0 Å². The van der Waals surface area contributed by atoms with E-state index in [0.717, 1.165) is 4.48 Å². The van der Waals surface area contributed by atoms with Crippen molar-refractivity contribution >= 4 is 37.0 Å². The fourth-order valence-corrected chi connectivity index (χ4v) is 5.40. The summed E-state index contributed by atoms with van der Waals surface area (Å²) in [6, 6.07) is 3.51. The van der Waals surface area contributed by atoms with Crippen LogP contribution in [0.15, 0.2) is 47.2 Å². The molecule has 0 radical (unpaired) electrons. The van der Waals surface area contributed by atoms with Gasteiger partial charge in [-0.15, -0.1) is 0 Å². The molecule has 0 bridgehead atoms. The molecular formula is C17H19BrN2O3S. The van der Waals surface area contributed by atoms with Crippen molar-refractivity contribution in [3.05, 3.63) is 52.8 Å². The average molecular weight is 411 g/mol. The summed E-state index contributed by atoms with van der Waals surface area (Å²) in [7, 11) is -3.78. The molecule has 5 nitrogen and oxygen atoms in total. The van der Waals surface area contributed by atoms with Crippen molar-refractivity contribution in [2.24, 2.45) is 0 Å². The van der Waals surface area contributed by atoms with Crippen LogP contribution in [-0.2, 0) is 15.6 Å². The smallest absolute Gasteiger partial charge is 0.249 e. The highest BCUT2D eigenvalue weighted by molar-refractivity contribution is 9.11.